The average Bonchev–Trinajstić information content (AvgIpc) is 1.82. The maximum Gasteiger partial charge on any atom is 0.0589 e. The Balaban J connectivity index is 0. The molecular formula is C7H19ClN2. The first kappa shape index (κ1) is 12.8. The number of nitrogens with one attached hydrogen (secondary N) is 1. The average molecular weight is 167 g/mol. The van der Waals surface area contributed by atoms with E-state index in [0.29, 0.717) is 6.17 Å². The van der Waals surface area contributed by atoms with Crippen molar-refractivity contribution in [3.63, 3.8) is 0 Å². The molecule has 0 aromatic carbocycles. The molecule has 0 saturated heterocycles. The minimum Gasteiger partial charge on any atom is -0.302 e. The van der Waals surface area contributed by atoms with Crippen LogP contribution in [0.2, 0.25) is 0 Å². The smallest absolute Gasteiger partial charge is 0.0589 e. The van der Waals surface area contributed by atoms with Crippen molar-refractivity contribution < 1.29 is 0 Å². The van der Waals surface area contributed by atoms with Gasteiger partial charge in [-0.15, -0.1) is 12.4 Å². The van der Waals surface area contributed by atoms with E-state index < -0.39 is 0 Å². The molecular weight excluding hydrogens is 148 g/mol. The highest BCUT2D eigenvalue weighted by Crippen LogP contribution is 1.92. The van der Waals surface area contributed by atoms with Gasteiger partial charge in [-0.3, -0.25) is 4.90 Å². The predicted molar refractivity (Wildman–Crippen MR) is 48.7 cm³/mol. The molecule has 0 aromatic rings. The lowest BCUT2D eigenvalue weighted by atomic mass is 10.3. The first-order valence-electron chi connectivity index (χ1n) is 3.62. The molecule has 0 aromatic heterocycles. The summed E-state index contributed by atoms with van der Waals surface area (Å²) in [6, 6.07) is 0. The number of nitrogens with zero attached hydrogens (tertiary/aromatic N) is 1. The Morgan fingerprint density at radius 2 is 1.80 bits per heavy atom. The summed E-state index contributed by atoms with van der Waals surface area (Å²) in [6.45, 7) is 5.37. The second-order valence-electron chi connectivity index (χ2n) is 2.45. The Morgan fingerprint density at radius 1 is 1.30 bits per heavy atom. The number of rotatable bonds is 4. The second-order valence-corrected chi connectivity index (χ2v) is 2.45. The molecule has 2 nitrogen and oxygen atoms in total. The highest BCUT2D eigenvalue weighted by Gasteiger charge is 2.03. The van der Waals surface area contributed by atoms with Crippen LogP contribution < -0.4 is 5.32 Å². The van der Waals surface area contributed by atoms with Crippen LogP contribution in [0.15, 0.2) is 0 Å². The van der Waals surface area contributed by atoms with Crippen molar-refractivity contribution in [1.29, 1.82) is 0 Å². The van der Waals surface area contributed by atoms with Crippen molar-refractivity contribution in [3.05, 3.63) is 0 Å². The maximum atomic E-state index is 3.36. The van der Waals surface area contributed by atoms with E-state index in [1.807, 2.05) is 0 Å². The van der Waals surface area contributed by atoms with Crippen LogP contribution >= 0.6 is 12.4 Å². The first-order chi connectivity index (χ1) is 4.22. The van der Waals surface area contributed by atoms with Crippen molar-refractivity contribution in [3.8, 4) is 0 Å². The number of hydrogen-bond donors (Lipinski definition) is 1. The molecule has 10 heavy (non-hydrogen) atoms. The molecule has 1 atom stereocenters. The van der Waals surface area contributed by atoms with Crippen molar-refractivity contribution >= 4 is 12.4 Å². The summed E-state index contributed by atoms with van der Waals surface area (Å²) in [5.74, 6) is 0. The van der Waals surface area contributed by atoms with Gasteiger partial charge >= 0.3 is 0 Å². The van der Waals surface area contributed by atoms with Crippen molar-refractivity contribution in [2.24, 2.45) is 0 Å². The number of halogens is 1. The third-order valence-corrected chi connectivity index (χ3v) is 1.45. The summed E-state index contributed by atoms with van der Waals surface area (Å²) in [4.78, 5) is 2.20. The zero-order chi connectivity index (χ0) is 7.28. The van der Waals surface area contributed by atoms with Crippen LogP contribution in [-0.2, 0) is 0 Å². The summed E-state index contributed by atoms with van der Waals surface area (Å²) in [6.07, 6.45) is 1.72. The molecule has 0 radical (unpaired) electrons. The molecule has 0 aliphatic heterocycles. The minimum absolute atomic E-state index is 0. The lowest BCUT2D eigenvalue weighted by molar-refractivity contribution is 0.243. The molecule has 0 saturated carbocycles. The zero-order valence-corrected chi connectivity index (χ0v) is 8.16. The highest BCUT2D eigenvalue weighted by molar-refractivity contribution is 5.85. The van der Waals surface area contributed by atoms with E-state index in [-0.39, 0.29) is 12.4 Å². The largest absolute Gasteiger partial charge is 0.302 e. The third-order valence-electron chi connectivity index (χ3n) is 1.45. The fourth-order valence-electron chi connectivity index (χ4n) is 0.928. The van der Waals surface area contributed by atoms with E-state index in [0.717, 1.165) is 6.54 Å². The quantitative estimate of drug-likeness (QED) is 0.634. The molecule has 0 aliphatic rings. The van der Waals surface area contributed by atoms with Gasteiger partial charge in [0, 0.05) is 0 Å². The monoisotopic (exact) mass is 166 g/mol. The molecule has 64 valence electrons. The van der Waals surface area contributed by atoms with Crippen LogP contribution in [0.4, 0.5) is 0 Å². The SMILES string of the molecule is CCNC(CC)N(C)C.Cl. The molecule has 0 fully saturated rings. The van der Waals surface area contributed by atoms with Crippen LogP contribution in [0.3, 0.4) is 0 Å². The summed E-state index contributed by atoms with van der Waals surface area (Å²) in [5.41, 5.74) is 0. The summed E-state index contributed by atoms with van der Waals surface area (Å²) >= 11 is 0. The number of hydrogen-bond acceptors (Lipinski definition) is 2. The van der Waals surface area contributed by atoms with Crippen molar-refractivity contribution in [2.75, 3.05) is 20.6 Å². The van der Waals surface area contributed by atoms with Gasteiger partial charge < -0.3 is 5.32 Å². The molecule has 0 bridgehead atoms. The predicted octanol–water partition coefficient (Wildman–Crippen LogP) is 1.32. The topological polar surface area (TPSA) is 15.3 Å². The van der Waals surface area contributed by atoms with Crippen LogP contribution in [-0.4, -0.2) is 31.7 Å². The zero-order valence-electron chi connectivity index (χ0n) is 7.35. The molecule has 0 spiro atoms. The van der Waals surface area contributed by atoms with Crippen LogP contribution in [0.25, 0.3) is 0 Å². The van der Waals surface area contributed by atoms with E-state index in [4.69, 9.17) is 0 Å². The first-order valence-corrected chi connectivity index (χ1v) is 3.62. The Labute approximate surface area is 70.4 Å². The lowest BCUT2D eigenvalue weighted by Gasteiger charge is -2.23. The Bertz CT molecular complexity index is 66.6. The van der Waals surface area contributed by atoms with Gasteiger partial charge in [0.05, 0.1) is 6.17 Å². The highest BCUT2D eigenvalue weighted by atomic mass is 35.5. The van der Waals surface area contributed by atoms with Crippen molar-refractivity contribution in [1.82, 2.24) is 10.2 Å². The molecule has 0 rings (SSSR count). The van der Waals surface area contributed by atoms with Gasteiger partial charge in [-0.25, -0.2) is 0 Å². The van der Waals surface area contributed by atoms with E-state index in [1.165, 1.54) is 6.42 Å². The van der Waals surface area contributed by atoms with Crippen LogP contribution in [0.5, 0.6) is 0 Å². The van der Waals surface area contributed by atoms with E-state index in [9.17, 15) is 0 Å². The van der Waals surface area contributed by atoms with Gasteiger partial charge in [-0.2, -0.15) is 0 Å². The summed E-state index contributed by atoms with van der Waals surface area (Å²) in [5, 5.41) is 3.36. The van der Waals surface area contributed by atoms with Gasteiger partial charge in [-0.05, 0) is 27.1 Å². The van der Waals surface area contributed by atoms with Crippen LogP contribution in [0.1, 0.15) is 20.3 Å². The minimum atomic E-state index is 0. The Hall–Kier alpha value is 0.210. The van der Waals surface area contributed by atoms with E-state index in [1.54, 1.807) is 0 Å². The second kappa shape index (κ2) is 7.32. The molecule has 0 aliphatic carbocycles. The maximum absolute atomic E-state index is 3.36. The summed E-state index contributed by atoms with van der Waals surface area (Å²) < 4.78 is 0. The fourth-order valence-corrected chi connectivity index (χ4v) is 0.928. The lowest BCUT2D eigenvalue weighted by Crippen LogP contribution is -2.40. The van der Waals surface area contributed by atoms with Gasteiger partial charge in [0.1, 0.15) is 0 Å². The Kier molecular flexibility index (Phi) is 9.40. The summed E-state index contributed by atoms with van der Waals surface area (Å²) in [7, 11) is 4.19. The van der Waals surface area contributed by atoms with E-state index >= 15 is 0 Å². The third kappa shape index (κ3) is 5.03. The molecule has 0 heterocycles. The molecule has 1 unspecified atom stereocenters. The molecule has 3 heteroatoms. The normalized spacial score (nSPS) is 12.9. The van der Waals surface area contributed by atoms with Gasteiger partial charge in [-0.1, -0.05) is 13.8 Å². The van der Waals surface area contributed by atoms with Crippen molar-refractivity contribution in [2.45, 2.75) is 26.4 Å². The van der Waals surface area contributed by atoms with E-state index in [2.05, 4.69) is 38.2 Å². The fraction of sp³-hybridized carbons (Fsp3) is 1.00. The van der Waals surface area contributed by atoms with Gasteiger partial charge in [0.15, 0.2) is 0 Å². The van der Waals surface area contributed by atoms with Gasteiger partial charge in [0.2, 0.25) is 0 Å². The van der Waals surface area contributed by atoms with Gasteiger partial charge in [0.25, 0.3) is 0 Å². The van der Waals surface area contributed by atoms with Crippen LogP contribution in [0, 0.1) is 0 Å². The Morgan fingerprint density at radius 3 is 1.90 bits per heavy atom. The standard InChI is InChI=1S/C7H18N2.ClH/c1-5-7(8-6-2)9(3)4;/h7-8H,5-6H2,1-4H3;1H. The molecule has 0 amide bonds. The molecule has 1 N–H and O–H groups in total.